The predicted octanol–water partition coefficient (Wildman–Crippen LogP) is 1.05. The summed E-state index contributed by atoms with van der Waals surface area (Å²) in [7, 11) is 0. The predicted molar refractivity (Wildman–Crippen MR) is 68.2 cm³/mol. The lowest BCUT2D eigenvalue weighted by molar-refractivity contribution is -0.121. The average molecular weight is 252 g/mol. The Kier molecular flexibility index (Phi) is 4.29. The van der Waals surface area contributed by atoms with E-state index in [1.807, 2.05) is 20.8 Å². The van der Waals surface area contributed by atoms with Crippen LogP contribution in [0, 0.1) is 6.92 Å². The first-order valence-electron chi connectivity index (χ1n) is 5.83. The summed E-state index contributed by atoms with van der Waals surface area (Å²) in [6.45, 7) is 7.06. The van der Waals surface area contributed by atoms with Crippen molar-refractivity contribution < 1.29 is 15.0 Å². The van der Waals surface area contributed by atoms with E-state index < -0.39 is 0 Å². The van der Waals surface area contributed by atoms with Gasteiger partial charge in [0.15, 0.2) is 0 Å². The Bertz CT molecular complexity index is 450. The number of rotatable bonds is 3. The van der Waals surface area contributed by atoms with Crippen molar-refractivity contribution in [2.45, 2.75) is 46.3 Å². The molecule has 0 aliphatic carbocycles. The molecule has 100 valence electrons. The van der Waals surface area contributed by atoms with Gasteiger partial charge in [-0.15, -0.1) is 0 Å². The third kappa shape index (κ3) is 3.70. The van der Waals surface area contributed by atoms with Gasteiger partial charge in [0.1, 0.15) is 5.75 Å². The van der Waals surface area contributed by atoms with Gasteiger partial charge in [-0.05, 0) is 27.7 Å². The minimum atomic E-state index is -0.325. The van der Waals surface area contributed by atoms with Crippen LogP contribution in [0.1, 0.15) is 37.6 Å². The second kappa shape index (κ2) is 5.35. The Morgan fingerprint density at radius 1 is 1.44 bits per heavy atom. The molecule has 0 fully saturated rings. The number of nitrogens with zero attached hydrogens (tertiary/aromatic N) is 1. The molecule has 5 heteroatoms. The summed E-state index contributed by atoms with van der Waals surface area (Å²) >= 11 is 0. The van der Waals surface area contributed by atoms with Gasteiger partial charge in [0.2, 0.25) is 5.91 Å². The second-order valence-electron chi connectivity index (χ2n) is 5.33. The van der Waals surface area contributed by atoms with Crippen LogP contribution < -0.4 is 5.32 Å². The van der Waals surface area contributed by atoms with Gasteiger partial charge in [-0.3, -0.25) is 9.78 Å². The third-order valence-corrected chi connectivity index (χ3v) is 2.45. The molecular formula is C13H20N2O3. The van der Waals surface area contributed by atoms with Crippen LogP contribution in [0.2, 0.25) is 0 Å². The van der Waals surface area contributed by atoms with Gasteiger partial charge in [0.25, 0.3) is 0 Å². The number of aromatic hydroxyl groups is 1. The Morgan fingerprint density at radius 2 is 2.06 bits per heavy atom. The van der Waals surface area contributed by atoms with Crippen molar-refractivity contribution >= 4 is 5.91 Å². The zero-order valence-corrected chi connectivity index (χ0v) is 11.2. The SMILES string of the molecule is Cc1ncc(CO)c(CC(=O)NC(C)(C)C)c1O. The van der Waals surface area contributed by atoms with E-state index in [0.717, 1.165) is 0 Å². The van der Waals surface area contributed by atoms with Crippen LogP contribution in [-0.2, 0) is 17.8 Å². The Morgan fingerprint density at radius 3 is 2.56 bits per heavy atom. The van der Waals surface area contributed by atoms with E-state index >= 15 is 0 Å². The molecule has 0 spiro atoms. The van der Waals surface area contributed by atoms with Crippen molar-refractivity contribution in [3.05, 3.63) is 23.0 Å². The van der Waals surface area contributed by atoms with Gasteiger partial charge in [0.05, 0.1) is 18.7 Å². The standard InChI is InChI=1S/C13H20N2O3/c1-8-12(18)10(9(7-16)6-14-8)5-11(17)15-13(2,3)4/h6,16,18H,5,7H2,1-4H3,(H,15,17). The van der Waals surface area contributed by atoms with E-state index in [0.29, 0.717) is 16.8 Å². The van der Waals surface area contributed by atoms with Crippen molar-refractivity contribution in [1.29, 1.82) is 0 Å². The van der Waals surface area contributed by atoms with Crippen molar-refractivity contribution in [1.82, 2.24) is 10.3 Å². The van der Waals surface area contributed by atoms with Gasteiger partial charge in [-0.25, -0.2) is 0 Å². The van der Waals surface area contributed by atoms with E-state index in [-0.39, 0.29) is 30.2 Å². The van der Waals surface area contributed by atoms with Gasteiger partial charge in [0, 0.05) is 22.9 Å². The lowest BCUT2D eigenvalue weighted by Crippen LogP contribution is -2.41. The Balaban J connectivity index is 2.96. The van der Waals surface area contributed by atoms with Gasteiger partial charge >= 0.3 is 0 Å². The zero-order chi connectivity index (χ0) is 13.9. The molecule has 0 aliphatic heterocycles. The molecule has 0 bridgehead atoms. The minimum absolute atomic E-state index is 0.0226. The summed E-state index contributed by atoms with van der Waals surface area (Å²) in [6, 6.07) is 0. The number of carbonyl (C=O) groups excluding carboxylic acids is 1. The molecule has 0 saturated carbocycles. The van der Waals surface area contributed by atoms with Gasteiger partial charge in [-0.2, -0.15) is 0 Å². The summed E-state index contributed by atoms with van der Waals surface area (Å²) in [5.41, 5.74) is 1.04. The van der Waals surface area contributed by atoms with Crippen molar-refractivity contribution in [3.8, 4) is 5.75 Å². The summed E-state index contributed by atoms with van der Waals surface area (Å²) in [6.07, 6.45) is 1.51. The first kappa shape index (κ1) is 14.4. The molecule has 1 amide bonds. The number of pyridine rings is 1. The van der Waals surface area contributed by atoms with Crippen LogP contribution in [0.25, 0.3) is 0 Å². The number of nitrogens with one attached hydrogen (secondary N) is 1. The molecule has 5 nitrogen and oxygen atoms in total. The topological polar surface area (TPSA) is 82.5 Å². The highest BCUT2D eigenvalue weighted by Gasteiger charge is 2.18. The molecule has 0 aromatic carbocycles. The van der Waals surface area contributed by atoms with Crippen LogP contribution in [0.4, 0.5) is 0 Å². The van der Waals surface area contributed by atoms with E-state index in [1.165, 1.54) is 6.20 Å². The second-order valence-corrected chi connectivity index (χ2v) is 5.33. The maximum atomic E-state index is 11.8. The molecule has 0 aliphatic rings. The fourth-order valence-corrected chi connectivity index (χ4v) is 1.64. The van der Waals surface area contributed by atoms with E-state index in [4.69, 9.17) is 0 Å². The number of carbonyl (C=O) groups is 1. The zero-order valence-electron chi connectivity index (χ0n) is 11.2. The summed E-state index contributed by atoms with van der Waals surface area (Å²) in [4.78, 5) is 15.8. The van der Waals surface area contributed by atoms with Crippen molar-refractivity contribution in [3.63, 3.8) is 0 Å². The maximum Gasteiger partial charge on any atom is 0.224 e. The number of aryl methyl sites for hydroxylation is 1. The molecule has 0 saturated heterocycles. The lowest BCUT2D eigenvalue weighted by atomic mass is 10.0. The van der Waals surface area contributed by atoms with E-state index in [2.05, 4.69) is 10.3 Å². The molecule has 0 unspecified atom stereocenters. The first-order chi connectivity index (χ1) is 8.24. The molecule has 3 N–H and O–H groups in total. The Hall–Kier alpha value is -1.62. The van der Waals surface area contributed by atoms with Crippen LogP contribution in [0.5, 0.6) is 5.75 Å². The quantitative estimate of drug-likeness (QED) is 0.750. The third-order valence-electron chi connectivity index (χ3n) is 2.45. The summed E-state index contributed by atoms with van der Waals surface area (Å²) in [5.74, 6) is -0.219. The van der Waals surface area contributed by atoms with Gasteiger partial charge in [-0.1, -0.05) is 0 Å². The van der Waals surface area contributed by atoms with Gasteiger partial charge < -0.3 is 15.5 Å². The van der Waals surface area contributed by atoms with E-state index in [1.54, 1.807) is 6.92 Å². The highest BCUT2D eigenvalue weighted by Crippen LogP contribution is 2.24. The molecule has 18 heavy (non-hydrogen) atoms. The Labute approximate surface area is 107 Å². The largest absolute Gasteiger partial charge is 0.506 e. The molecular weight excluding hydrogens is 232 g/mol. The van der Waals surface area contributed by atoms with E-state index in [9.17, 15) is 15.0 Å². The highest BCUT2D eigenvalue weighted by atomic mass is 16.3. The minimum Gasteiger partial charge on any atom is -0.506 e. The van der Waals surface area contributed by atoms with Crippen LogP contribution in [0.15, 0.2) is 6.20 Å². The summed E-state index contributed by atoms with van der Waals surface area (Å²) < 4.78 is 0. The number of hydrogen-bond donors (Lipinski definition) is 3. The average Bonchev–Trinajstić information content (AvgIpc) is 2.22. The number of amides is 1. The lowest BCUT2D eigenvalue weighted by Gasteiger charge is -2.21. The molecule has 1 heterocycles. The number of aliphatic hydroxyl groups is 1. The number of aliphatic hydroxyl groups excluding tert-OH is 1. The van der Waals surface area contributed by atoms with Crippen LogP contribution >= 0.6 is 0 Å². The van der Waals surface area contributed by atoms with Crippen molar-refractivity contribution in [2.75, 3.05) is 0 Å². The number of aromatic nitrogens is 1. The normalized spacial score (nSPS) is 11.4. The molecule has 1 aromatic heterocycles. The number of hydrogen-bond acceptors (Lipinski definition) is 4. The smallest absolute Gasteiger partial charge is 0.224 e. The van der Waals surface area contributed by atoms with Crippen LogP contribution in [-0.4, -0.2) is 26.6 Å². The molecule has 0 radical (unpaired) electrons. The molecule has 0 atom stereocenters. The summed E-state index contributed by atoms with van der Waals surface area (Å²) in [5, 5.41) is 21.9. The fraction of sp³-hybridized carbons (Fsp3) is 0.538. The van der Waals surface area contributed by atoms with Crippen molar-refractivity contribution in [2.24, 2.45) is 0 Å². The highest BCUT2D eigenvalue weighted by molar-refractivity contribution is 5.80. The molecule has 1 aromatic rings. The first-order valence-corrected chi connectivity index (χ1v) is 5.83. The molecule has 1 rings (SSSR count). The maximum absolute atomic E-state index is 11.8. The van der Waals surface area contributed by atoms with Crippen LogP contribution in [0.3, 0.4) is 0 Å². The monoisotopic (exact) mass is 252 g/mol. The fourth-order valence-electron chi connectivity index (χ4n) is 1.64.